The van der Waals surface area contributed by atoms with E-state index in [-0.39, 0.29) is 0 Å². The smallest absolute Gasteiger partial charge is 0.0714 e. The summed E-state index contributed by atoms with van der Waals surface area (Å²) in [5.41, 5.74) is 16.9. The quantitative estimate of drug-likeness (QED) is 0.167. The molecule has 2 nitrogen and oxygen atoms in total. The van der Waals surface area contributed by atoms with Gasteiger partial charge in [0, 0.05) is 32.8 Å². The number of nitrogens with zero attached hydrogens (tertiary/aromatic N) is 2. The second-order valence-electron chi connectivity index (χ2n) is 15.2. The van der Waals surface area contributed by atoms with E-state index < -0.39 is 5.41 Å². The lowest BCUT2D eigenvalue weighted by Crippen LogP contribution is -2.28. The summed E-state index contributed by atoms with van der Waals surface area (Å²) in [7, 11) is 0. The molecular formula is C55H36N2. The Hall–Kier alpha value is -7.42. The third-order valence-corrected chi connectivity index (χ3v) is 12.4. The molecule has 12 rings (SSSR count). The number of rotatable bonds is 5. The SMILES string of the molecule is c1ccc(-n2c3ccccc3c3cc(-c4ccc5c(c4)c4ccccc4n5-c4cccc5c4-c4ccccc4C5(c4ccccc4)c4ccccc4)ccc32)cc1. The highest BCUT2D eigenvalue weighted by Gasteiger charge is 2.47. The molecule has 266 valence electrons. The lowest BCUT2D eigenvalue weighted by atomic mass is 9.68. The zero-order chi connectivity index (χ0) is 37.5. The maximum absolute atomic E-state index is 2.51. The lowest BCUT2D eigenvalue weighted by molar-refractivity contribution is 0.768. The van der Waals surface area contributed by atoms with Gasteiger partial charge in [-0.15, -0.1) is 0 Å². The Morgan fingerprint density at radius 2 is 0.789 bits per heavy atom. The summed E-state index contributed by atoms with van der Waals surface area (Å²) in [6.07, 6.45) is 0. The monoisotopic (exact) mass is 724 g/mol. The molecule has 2 heteroatoms. The molecule has 0 bridgehead atoms. The van der Waals surface area contributed by atoms with Crippen LogP contribution in [0.15, 0.2) is 218 Å². The maximum atomic E-state index is 2.51. The van der Waals surface area contributed by atoms with Crippen molar-refractivity contribution in [3.05, 3.63) is 241 Å². The molecule has 9 aromatic carbocycles. The van der Waals surface area contributed by atoms with E-state index in [0.717, 1.165) is 0 Å². The molecular weight excluding hydrogens is 689 g/mol. The van der Waals surface area contributed by atoms with Gasteiger partial charge >= 0.3 is 0 Å². The van der Waals surface area contributed by atoms with Crippen LogP contribution < -0.4 is 0 Å². The molecule has 1 aliphatic rings. The predicted octanol–water partition coefficient (Wildman–Crippen LogP) is 13.9. The van der Waals surface area contributed by atoms with Crippen molar-refractivity contribution in [3.8, 4) is 33.6 Å². The fraction of sp³-hybridized carbons (Fsp3) is 0.0182. The first kappa shape index (κ1) is 31.9. The topological polar surface area (TPSA) is 9.86 Å². The Morgan fingerprint density at radius 1 is 0.316 bits per heavy atom. The minimum atomic E-state index is -0.460. The molecule has 2 aromatic heterocycles. The van der Waals surface area contributed by atoms with E-state index in [1.807, 2.05) is 0 Å². The van der Waals surface area contributed by atoms with Crippen molar-refractivity contribution in [2.24, 2.45) is 0 Å². The van der Waals surface area contributed by atoms with Crippen molar-refractivity contribution in [1.29, 1.82) is 0 Å². The van der Waals surface area contributed by atoms with Crippen molar-refractivity contribution < 1.29 is 0 Å². The van der Waals surface area contributed by atoms with Gasteiger partial charge in [0.2, 0.25) is 0 Å². The van der Waals surface area contributed by atoms with Crippen LogP contribution in [0.5, 0.6) is 0 Å². The third kappa shape index (κ3) is 4.47. The molecule has 0 saturated carbocycles. The van der Waals surface area contributed by atoms with Gasteiger partial charge in [-0.05, 0) is 93.5 Å². The average molecular weight is 725 g/mol. The molecule has 0 unspecified atom stereocenters. The van der Waals surface area contributed by atoms with Crippen LogP contribution >= 0.6 is 0 Å². The second-order valence-corrected chi connectivity index (χ2v) is 15.2. The summed E-state index contributed by atoms with van der Waals surface area (Å²) in [6, 6.07) is 80.5. The standard InChI is InChI=1S/C55H36N2/c1-4-17-39(18-5-1)55(40-19-6-2-7-20-40)47-26-13-10-25-44(47)54-48(55)27-16-30-53(54)57-50-29-15-12-24-43(50)46-36-38(32-34-52(46)57)37-31-33-51-45(35-37)42-23-11-14-28-49(42)56(51)41-21-8-3-9-22-41/h1-36H. The largest absolute Gasteiger partial charge is 0.309 e. The number of hydrogen-bond acceptors (Lipinski definition) is 0. The van der Waals surface area contributed by atoms with Crippen LogP contribution in [-0.4, -0.2) is 9.13 Å². The minimum absolute atomic E-state index is 0.460. The fourth-order valence-corrected chi connectivity index (χ4v) is 10.1. The summed E-state index contributed by atoms with van der Waals surface area (Å²) in [4.78, 5) is 0. The molecule has 2 heterocycles. The molecule has 0 fully saturated rings. The molecule has 0 amide bonds. The number of aromatic nitrogens is 2. The summed E-state index contributed by atoms with van der Waals surface area (Å²) < 4.78 is 4.89. The average Bonchev–Trinajstić information content (AvgIpc) is 3.91. The molecule has 0 spiro atoms. The van der Waals surface area contributed by atoms with E-state index in [9.17, 15) is 0 Å². The number of hydrogen-bond donors (Lipinski definition) is 0. The van der Waals surface area contributed by atoms with Crippen LogP contribution in [0.3, 0.4) is 0 Å². The van der Waals surface area contributed by atoms with Crippen molar-refractivity contribution in [2.45, 2.75) is 5.41 Å². The van der Waals surface area contributed by atoms with E-state index in [1.165, 1.54) is 99.5 Å². The Morgan fingerprint density at radius 3 is 1.42 bits per heavy atom. The first-order chi connectivity index (χ1) is 28.3. The van der Waals surface area contributed by atoms with Crippen LogP contribution in [0.25, 0.3) is 77.2 Å². The number of benzene rings is 9. The Labute approximate surface area is 331 Å². The number of para-hydroxylation sites is 3. The second kappa shape index (κ2) is 12.3. The molecule has 11 aromatic rings. The summed E-state index contributed by atoms with van der Waals surface area (Å²) in [6.45, 7) is 0. The normalized spacial score (nSPS) is 13.1. The fourth-order valence-electron chi connectivity index (χ4n) is 10.1. The van der Waals surface area contributed by atoms with Gasteiger partial charge in [-0.1, -0.05) is 164 Å². The summed E-state index contributed by atoms with van der Waals surface area (Å²) in [5, 5.41) is 5.01. The zero-order valence-electron chi connectivity index (χ0n) is 31.2. The van der Waals surface area contributed by atoms with Gasteiger partial charge in [-0.25, -0.2) is 0 Å². The van der Waals surface area contributed by atoms with Gasteiger partial charge in [0.15, 0.2) is 0 Å². The molecule has 0 radical (unpaired) electrons. The molecule has 0 atom stereocenters. The summed E-state index contributed by atoms with van der Waals surface area (Å²) in [5.74, 6) is 0. The van der Waals surface area contributed by atoms with E-state index in [2.05, 4.69) is 228 Å². The Bertz CT molecular complexity index is 3290. The van der Waals surface area contributed by atoms with Gasteiger partial charge in [-0.3, -0.25) is 0 Å². The van der Waals surface area contributed by atoms with Crippen LogP contribution in [0.2, 0.25) is 0 Å². The third-order valence-electron chi connectivity index (χ3n) is 12.4. The zero-order valence-corrected chi connectivity index (χ0v) is 31.2. The van der Waals surface area contributed by atoms with E-state index >= 15 is 0 Å². The first-order valence-corrected chi connectivity index (χ1v) is 19.8. The van der Waals surface area contributed by atoms with Crippen molar-refractivity contribution in [2.75, 3.05) is 0 Å². The molecule has 0 saturated heterocycles. The molecule has 57 heavy (non-hydrogen) atoms. The molecule has 0 aliphatic heterocycles. The van der Waals surface area contributed by atoms with Crippen molar-refractivity contribution >= 4 is 43.6 Å². The van der Waals surface area contributed by atoms with E-state index in [1.54, 1.807) is 0 Å². The van der Waals surface area contributed by atoms with Crippen LogP contribution in [-0.2, 0) is 5.41 Å². The van der Waals surface area contributed by atoms with Crippen LogP contribution in [0, 0.1) is 0 Å². The Kier molecular flexibility index (Phi) is 6.88. The van der Waals surface area contributed by atoms with Gasteiger partial charge in [0.05, 0.1) is 33.2 Å². The van der Waals surface area contributed by atoms with E-state index in [4.69, 9.17) is 0 Å². The summed E-state index contributed by atoms with van der Waals surface area (Å²) >= 11 is 0. The highest BCUT2D eigenvalue weighted by molar-refractivity contribution is 6.13. The first-order valence-electron chi connectivity index (χ1n) is 19.8. The van der Waals surface area contributed by atoms with Gasteiger partial charge in [-0.2, -0.15) is 0 Å². The van der Waals surface area contributed by atoms with Gasteiger partial charge in [0.1, 0.15) is 0 Å². The highest BCUT2D eigenvalue weighted by Crippen LogP contribution is 2.58. The van der Waals surface area contributed by atoms with E-state index in [0.29, 0.717) is 0 Å². The molecule has 1 aliphatic carbocycles. The highest BCUT2D eigenvalue weighted by atomic mass is 15.0. The van der Waals surface area contributed by atoms with Gasteiger partial charge < -0.3 is 9.13 Å². The van der Waals surface area contributed by atoms with Crippen LogP contribution in [0.4, 0.5) is 0 Å². The minimum Gasteiger partial charge on any atom is -0.309 e. The lowest BCUT2D eigenvalue weighted by Gasteiger charge is -2.34. The number of fused-ring (bicyclic) bond motifs is 9. The molecule has 0 N–H and O–H groups in total. The maximum Gasteiger partial charge on any atom is 0.0714 e. The Balaban J connectivity index is 1.09. The van der Waals surface area contributed by atoms with Gasteiger partial charge in [0.25, 0.3) is 0 Å². The van der Waals surface area contributed by atoms with Crippen LogP contribution in [0.1, 0.15) is 22.3 Å². The van der Waals surface area contributed by atoms with Crippen molar-refractivity contribution in [3.63, 3.8) is 0 Å². The predicted molar refractivity (Wildman–Crippen MR) is 238 cm³/mol. The van der Waals surface area contributed by atoms with Crippen molar-refractivity contribution in [1.82, 2.24) is 9.13 Å².